The van der Waals surface area contributed by atoms with Crippen molar-refractivity contribution in [2.24, 2.45) is 5.73 Å². The molecule has 1 aromatic heterocycles. The van der Waals surface area contributed by atoms with E-state index in [1.54, 1.807) is 23.6 Å². The van der Waals surface area contributed by atoms with E-state index in [2.05, 4.69) is 10.3 Å². The van der Waals surface area contributed by atoms with E-state index in [1.807, 2.05) is 42.5 Å². The second-order valence-electron chi connectivity index (χ2n) is 9.00. The van der Waals surface area contributed by atoms with Gasteiger partial charge in [-0.1, -0.05) is 48.0 Å². The van der Waals surface area contributed by atoms with Gasteiger partial charge in [0.15, 0.2) is 5.13 Å². The standard InChI is InChI=1S/C29H26ClFN4O4S2/c1-38-22-10-9-21(26(14-22)39-2)17-35(29-33-11-12-40-29)41(36,37)27-15-23(30)25(16-24(27)31)34-28(32)20-8-7-18-5-3-4-6-19(18)13-20/h3-16,28,34H,17,32H2,1-2H3/t28-/m1/s1. The van der Waals surface area contributed by atoms with Gasteiger partial charge in [0, 0.05) is 23.2 Å². The number of anilines is 2. The number of rotatable bonds is 10. The van der Waals surface area contributed by atoms with Crippen LogP contribution in [0, 0.1) is 5.82 Å². The average molecular weight is 613 g/mol. The summed E-state index contributed by atoms with van der Waals surface area (Å²) in [7, 11) is -1.48. The molecule has 0 unspecified atom stereocenters. The summed E-state index contributed by atoms with van der Waals surface area (Å²) in [6.07, 6.45) is 0.742. The Morgan fingerprint density at radius 3 is 2.54 bits per heavy atom. The first-order chi connectivity index (χ1) is 19.7. The van der Waals surface area contributed by atoms with Crippen LogP contribution in [0.25, 0.3) is 10.8 Å². The molecule has 5 rings (SSSR count). The predicted octanol–water partition coefficient (Wildman–Crippen LogP) is 6.57. The van der Waals surface area contributed by atoms with E-state index in [1.165, 1.54) is 20.4 Å². The van der Waals surface area contributed by atoms with Gasteiger partial charge in [-0.3, -0.25) is 0 Å². The van der Waals surface area contributed by atoms with Gasteiger partial charge in [-0.25, -0.2) is 22.1 Å². The minimum atomic E-state index is -4.46. The van der Waals surface area contributed by atoms with Gasteiger partial charge in [0.2, 0.25) is 0 Å². The minimum Gasteiger partial charge on any atom is -0.497 e. The topological polar surface area (TPSA) is 107 Å². The van der Waals surface area contributed by atoms with Crippen LogP contribution in [0.5, 0.6) is 11.5 Å². The van der Waals surface area contributed by atoms with Crippen LogP contribution in [0.2, 0.25) is 5.02 Å². The third kappa shape index (κ3) is 5.94. The van der Waals surface area contributed by atoms with E-state index >= 15 is 4.39 Å². The van der Waals surface area contributed by atoms with Crippen molar-refractivity contribution in [1.29, 1.82) is 0 Å². The monoisotopic (exact) mass is 612 g/mol. The number of methoxy groups -OCH3 is 2. The smallest absolute Gasteiger partial charge is 0.269 e. The first-order valence-electron chi connectivity index (χ1n) is 12.3. The van der Waals surface area contributed by atoms with Gasteiger partial charge in [0.05, 0.1) is 31.5 Å². The van der Waals surface area contributed by atoms with Crippen LogP contribution in [-0.4, -0.2) is 27.6 Å². The number of nitrogens with zero attached hydrogens (tertiary/aromatic N) is 2. The Labute approximate surface area is 246 Å². The number of nitrogens with two attached hydrogens (primary N) is 1. The Morgan fingerprint density at radius 1 is 1.05 bits per heavy atom. The second kappa shape index (κ2) is 11.9. The van der Waals surface area contributed by atoms with Crippen LogP contribution in [0.1, 0.15) is 17.3 Å². The van der Waals surface area contributed by atoms with Crippen molar-refractivity contribution in [3.05, 3.63) is 106 Å². The van der Waals surface area contributed by atoms with E-state index in [0.717, 1.165) is 44.1 Å². The van der Waals surface area contributed by atoms with Gasteiger partial charge in [-0.15, -0.1) is 11.3 Å². The molecule has 0 fully saturated rings. The first-order valence-corrected chi connectivity index (χ1v) is 15.0. The third-order valence-electron chi connectivity index (χ3n) is 6.47. The third-order valence-corrected chi connectivity index (χ3v) is 9.45. The van der Waals surface area contributed by atoms with Crippen molar-refractivity contribution in [3.63, 3.8) is 0 Å². The molecular formula is C29H26ClFN4O4S2. The molecule has 1 atom stereocenters. The first kappa shape index (κ1) is 28.6. The molecule has 0 radical (unpaired) electrons. The number of nitrogens with one attached hydrogen (secondary N) is 1. The molecule has 41 heavy (non-hydrogen) atoms. The molecule has 12 heteroatoms. The van der Waals surface area contributed by atoms with Crippen molar-refractivity contribution in [3.8, 4) is 11.5 Å². The molecule has 0 bridgehead atoms. The van der Waals surface area contributed by atoms with Crippen LogP contribution >= 0.6 is 22.9 Å². The normalized spacial score (nSPS) is 12.2. The molecule has 0 spiro atoms. The Bertz CT molecular complexity index is 1800. The minimum absolute atomic E-state index is 0.0117. The fraction of sp³-hybridized carbons (Fsp3) is 0.138. The van der Waals surface area contributed by atoms with E-state index in [9.17, 15) is 8.42 Å². The molecule has 5 aromatic rings. The average Bonchev–Trinajstić information content (AvgIpc) is 3.51. The number of halogens is 2. The van der Waals surface area contributed by atoms with Gasteiger partial charge in [0.25, 0.3) is 10.0 Å². The van der Waals surface area contributed by atoms with E-state index < -0.39 is 26.9 Å². The highest BCUT2D eigenvalue weighted by atomic mass is 35.5. The zero-order chi connectivity index (χ0) is 29.1. The molecule has 0 amide bonds. The Hall–Kier alpha value is -3.90. The maximum atomic E-state index is 15.6. The quantitative estimate of drug-likeness (QED) is 0.172. The van der Waals surface area contributed by atoms with Crippen LogP contribution in [0.3, 0.4) is 0 Å². The number of fused-ring (bicyclic) bond motifs is 1. The van der Waals surface area contributed by atoms with Gasteiger partial charge >= 0.3 is 0 Å². The van der Waals surface area contributed by atoms with E-state index in [0.29, 0.717) is 17.1 Å². The Balaban J connectivity index is 1.47. The summed E-state index contributed by atoms with van der Waals surface area (Å²) in [5.41, 5.74) is 7.79. The molecular weight excluding hydrogens is 587 g/mol. The maximum Gasteiger partial charge on any atom is 0.269 e. The van der Waals surface area contributed by atoms with Gasteiger partial charge in [-0.2, -0.15) is 0 Å². The maximum absolute atomic E-state index is 15.6. The van der Waals surface area contributed by atoms with Crippen molar-refractivity contribution < 1.29 is 22.3 Å². The van der Waals surface area contributed by atoms with Crippen molar-refractivity contribution in [1.82, 2.24) is 4.98 Å². The number of sulfonamides is 1. The zero-order valence-corrected chi connectivity index (χ0v) is 24.4. The molecule has 8 nitrogen and oxygen atoms in total. The van der Waals surface area contributed by atoms with E-state index in [-0.39, 0.29) is 22.4 Å². The largest absolute Gasteiger partial charge is 0.497 e. The molecule has 0 saturated heterocycles. The number of aromatic nitrogens is 1. The van der Waals surface area contributed by atoms with Crippen LogP contribution in [-0.2, 0) is 16.6 Å². The number of hydrogen-bond donors (Lipinski definition) is 2. The lowest BCUT2D eigenvalue weighted by Crippen LogP contribution is -2.31. The zero-order valence-electron chi connectivity index (χ0n) is 22.0. The Kier molecular flexibility index (Phi) is 8.32. The molecule has 0 aliphatic rings. The highest BCUT2D eigenvalue weighted by Crippen LogP contribution is 2.36. The summed E-state index contributed by atoms with van der Waals surface area (Å²) in [6.45, 7) is -0.174. The van der Waals surface area contributed by atoms with Crippen molar-refractivity contribution in [2.45, 2.75) is 17.6 Å². The lowest BCUT2D eigenvalue weighted by molar-refractivity contribution is 0.391. The predicted molar refractivity (Wildman–Crippen MR) is 161 cm³/mol. The SMILES string of the molecule is COc1ccc(CN(c2nccs2)S(=O)(=O)c2cc(Cl)c(N[C@@H](N)c3ccc4ccccc4c3)cc2F)c(OC)c1. The number of hydrogen-bond acceptors (Lipinski definition) is 8. The molecule has 3 N–H and O–H groups in total. The van der Waals surface area contributed by atoms with Crippen LogP contribution < -0.4 is 24.8 Å². The highest BCUT2D eigenvalue weighted by molar-refractivity contribution is 7.93. The fourth-order valence-corrected chi connectivity index (χ4v) is 6.96. The summed E-state index contributed by atoms with van der Waals surface area (Å²) < 4.78 is 55.1. The molecule has 0 aliphatic carbocycles. The fourth-order valence-electron chi connectivity index (χ4n) is 4.34. The summed E-state index contributed by atoms with van der Waals surface area (Å²) in [4.78, 5) is 3.57. The summed E-state index contributed by atoms with van der Waals surface area (Å²) in [5.74, 6) is -0.0511. The lowest BCUT2D eigenvalue weighted by Gasteiger charge is -2.24. The van der Waals surface area contributed by atoms with Crippen LogP contribution in [0.4, 0.5) is 15.2 Å². The molecule has 0 saturated carbocycles. The van der Waals surface area contributed by atoms with Gasteiger partial charge < -0.3 is 20.5 Å². The summed E-state index contributed by atoms with van der Waals surface area (Å²) in [5, 5.41) is 6.82. The van der Waals surface area contributed by atoms with Gasteiger partial charge in [-0.05, 0) is 46.7 Å². The molecule has 4 aromatic carbocycles. The highest BCUT2D eigenvalue weighted by Gasteiger charge is 2.32. The summed E-state index contributed by atoms with van der Waals surface area (Å²) >= 11 is 7.59. The molecule has 0 aliphatic heterocycles. The second-order valence-corrected chi connectivity index (χ2v) is 12.1. The summed E-state index contributed by atoms with van der Waals surface area (Å²) in [6, 6.07) is 20.7. The Morgan fingerprint density at radius 2 is 1.83 bits per heavy atom. The lowest BCUT2D eigenvalue weighted by atomic mass is 10.1. The van der Waals surface area contributed by atoms with Crippen LogP contribution in [0.15, 0.2) is 89.3 Å². The molecule has 1 heterocycles. The number of benzene rings is 4. The van der Waals surface area contributed by atoms with Crippen molar-refractivity contribution >= 4 is 54.6 Å². The van der Waals surface area contributed by atoms with E-state index in [4.69, 9.17) is 26.8 Å². The number of ether oxygens (including phenoxy) is 2. The van der Waals surface area contributed by atoms with Gasteiger partial charge in [0.1, 0.15) is 28.4 Å². The number of thiazole rings is 1. The van der Waals surface area contributed by atoms with Crippen molar-refractivity contribution in [2.75, 3.05) is 23.8 Å². The molecule has 212 valence electrons.